The van der Waals surface area contributed by atoms with Gasteiger partial charge in [-0.2, -0.15) is 0 Å². The number of nitrogens with zero attached hydrogens (tertiary/aromatic N) is 1. The fraction of sp³-hybridized carbons (Fsp3) is 0.125. The summed E-state index contributed by atoms with van der Waals surface area (Å²) in [6, 6.07) is 7.53. The number of aromatic nitrogens is 2. The van der Waals surface area contributed by atoms with E-state index in [1.807, 2.05) is 38.1 Å². The van der Waals surface area contributed by atoms with Crippen LogP contribution in [0.1, 0.15) is 18.4 Å². The third kappa shape index (κ3) is 6.58. The molecule has 1 aromatic carbocycles. The molecule has 21 heavy (non-hydrogen) atoms. The summed E-state index contributed by atoms with van der Waals surface area (Å²) in [5.74, 6) is 0.858. The Morgan fingerprint density at radius 1 is 1.38 bits per heavy atom. The van der Waals surface area contributed by atoms with E-state index in [1.54, 1.807) is 12.3 Å². The second-order valence-electron chi connectivity index (χ2n) is 3.87. The summed E-state index contributed by atoms with van der Waals surface area (Å²) >= 11 is 6.03. The standard InChI is InChI=1S/C12H12ClN3.C3H6.CH3N/c1-8(12-7-14-9(2)16-12)15-11-6-4-3-5-10(11)13;1-3-2;1-2/h3-7,15H,1H2,2H3,(H,14,16);3H,1H2,2H3;2H,1H2. The van der Waals surface area contributed by atoms with Crippen molar-refractivity contribution in [2.24, 2.45) is 0 Å². The highest BCUT2D eigenvalue weighted by Crippen LogP contribution is 2.23. The number of hydrogen-bond donors (Lipinski definition) is 3. The number of benzene rings is 1. The summed E-state index contributed by atoms with van der Waals surface area (Å²) in [5.41, 5.74) is 2.44. The number of rotatable bonds is 3. The molecular weight excluding hydrogens is 284 g/mol. The van der Waals surface area contributed by atoms with Crippen molar-refractivity contribution in [1.29, 1.82) is 5.41 Å². The molecule has 0 aliphatic rings. The second kappa shape index (κ2) is 10.5. The van der Waals surface area contributed by atoms with Crippen LogP contribution in [0.15, 0.2) is 49.7 Å². The highest BCUT2D eigenvalue weighted by Gasteiger charge is 2.04. The van der Waals surface area contributed by atoms with Gasteiger partial charge in [-0.3, -0.25) is 0 Å². The SMILES string of the molecule is C=C(Nc1ccccc1Cl)c1cnc(C)[nH]1.C=CC.C=N. The van der Waals surface area contributed by atoms with Gasteiger partial charge in [0.25, 0.3) is 0 Å². The average Bonchev–Trinajstić information content (AvgIpc) is 2.91. The molecule has 1 aromatic heterocycles. The Morgan fingerprint density at radius 3 is 2.43 bits per heavy atom. The van der Waals surface area contributed by atoms with Crippen molar-refractivity contribution in [3.63, 3.8) is 0 Å². The van der Waals surface area contributed by atoms with Crippen molar-refractivity contribution in [2.45, 2.75) is 13.8 Å². The van der Waals surface area contributed by atoms with E-state index >= 15 is 0 Å². The lowest BCUT2D eigenvalue weighted by molar-refractivity contribution is 1.14. The van der Waals surface area contributed by atoms with Crippen LogP contribution in [0.5, 0.6) is 0 Å². The molecule has 5 heteroatoms. The molecule has 0 atom stereocenters. The van der Waals surface area contributed by atoms with Gasteiger partial charge in [0.05, 0.1) is 28.3 Å². The van der Waals surface area contributed by atoms with E-state index in [1.165, 1.54) is 0 Å². The van der Waals surface area contributed by atoms with Crippen LogP contribution < -0.4 is 5.32 Å². The van der Waals surface area contributed by atoms with Gasteiger partial charge in [0.1, 0.15) is 5.82 Å². The van der Waals surface area contributed by atoms with Crippen LogP contribution in [0.25, 0.3) is 5.70 Å². The number of allylic oxidation sites excluding steroid dienone is 1. The van der Waals surface area contributed by atoms with Crippen LogP contribution >= 0.6 is 11.6 Å². The zero-order chi connectivity index (χ0) is 16.3. The maximum absolute atomic E-state index is 6.03. The molecule has 0 amide bonds. The molecule has 0 unspecified atom stereocenters. The Bertz CT molecular complexity index is 575. The summed E-state index contributed by atoms with van der Waals surface area (Å²) in [7, 11) is 0. The quantitative estimate of drug-likeness (QED) is 0.557. The molecule has 0 aliphatic carbocycles. The van der Waals surface area contributed by atoms with Gasteiger partial charge >= 0.3 is 0 Å². The van der Waals surface area contributed by atoms with E-state index in [0.717, 1.165) is 22.9 Å². The Labute approximate surface area is 131 Å². The lowest BCUT2D eigenvalue weighted by Gasteiger charge is -2.09. The summed E-state index contributed by atoms with van der Waals surface area (Å²) in [6.07, 6.45) is 3.49. The zero-order valence-electron chi connectivity index (χ0n) is 12.4. The number of aryl methyl sites for hydroxylation is 1. The Kier molecular flexibility index (Phi) is 9.30. The predicted octanol–water partition coefficient (Wildman–Crippen LogP) is 4.91. The van der Waals surface area contributed by atoms with Crippen molar-refractivity contribution < 1.29 is 0 Å². The van der Waals surface area contributed by atoms with Crippen LogP contribution in [0, 0.1) is 12.3 Å². The number of nitrogens with one attached hydrogen (secondary N) is 3. The van der Waals surface area contributed by atoms with Crippen molar-refractivity contribution >= 4 is 29.7 Å². The van der Waals surface area contributed by atoms with E-state index in [4.69, 9.17) is 17.0 Å². The molecule has 2 rings (SSSR count). The van der Waals surface area contributed by atoms with E-state index < -0.39 is 0 Å². The van der Waals surface area contributed by atoms with Gasteiger partial charge in [0.15, 0.2) is 0 Å². The zero-order valence-corrected chi connectivity index (χ0v) is 13.2. The van der Waals surface area contributed by atoms with E-state index in [9.17, 15) is 0 Å². The second-order valence-corrected chi connectivity index (χ2v) is 4.28. The van der Waals surface area contributed by atoms with Gasteiger partial charge in [-0.05, 0) is 32.7 Å². The van der Waals surface area contributed by atoms with Gasteiger partial charge in [0, 0.05) is 0 Å². The summed E-state index contributed by atoms with van der Waals surface area (Å²) in [4.78, 5) is 7.21. The summed E-state index contributed by atoms with van der Waals surface area (Å²) < 4.78 is 0. The normalized spacial score (nSPS) is 8.52. The first-order valence-corrected chi connectivity index (χ1v) is 6.61. The number of halogens is 1. The number of hydrogen-bond acceptors (Lipinski definition) is 3. The Balaban J connectivity index is 0.000000713. The van der Waals surface area contributed by atoms with Gasteiger partial charge in [-0.1, -0.05) is 36.4 Å². The minimum absolute atomic E-state index is 0.667. The summed E-state index contributed by atoms with van der Waals surface area (Å²) in [6.45, 7) is 13.6. The minimum atomic E-state index is 0.667. The third-order valence-electron chi connectivity index (χ3n) is 2.19. The molecule has 2 aromatic rings. The van der Waals surface area contributed by atoms with Crippen molar-refractivity contribution in [3.05, 3.63) is 66.2 Å². The predicted molar refractivity (Wildman–Crippen MR) is 93.1 cm³/mol. The monoisotopic (exact) mass is 304 g/mol. The first-order valence-electron chi connectivity index (χ1n) is 6.23. The highest BCUT2D eigenvalue weighted by atomic mass is 35.5. The molecule has 3 N–H and O–H groups in total. The summed E-state index contributed by atoms with van der Waals surface area (Å²) in [5, 5.41) is 9.31. The lowest BCUT2D eigenvalue weighted by atomic mass is 10.3. The maximum atomic E-state index is 6.03. The van der Waals surface area contributed by atoms with Crippen LogP contribution in [-0.2, 0) is 0 Å². The number of aromatic amines is 1. The number of para-hydroxylation sites is 1. The third-order valence-corrected chi connectivity index (χ3v) is 2.52. The molecule has 112 valence electrons. The van der Waals surface area contributed by atoms with Crippen molar-refractivity contribution in [2.75, 3.05) is 5.32 Å². The number of imidazole rings is 1. The molecule has 0 bridgehead atoms. The van der Waals surface area contributed by atoms with Crippen LogP contribution in [-0.4, -0.2) is 16.7 Å². The molecule has 1 heterocycles. The fourth-order valence-electron chi connectivity index (χ4n) is 1.37. The van der Waals surface area contributed by atoms with Gasteiger partial charge in [0.2, 0.25) is 0 Å². The Morgan fingerprint density at radius 2 is 1.95 bits per heavy atom. The molecule has 0 fully saturated rings. The molecule has 4 nitrogen and oxygen atoms in total. The lowest BCUT2D eigenvalue weighted by Crippen LogP contribution is -1.98. The molecule has 0 radical (unpaired) electrons. The largest absolute Gasteiger partial charge is 0.353 e. The first-order chi connectivity index (χ1) is 10.1. The van der Waals surface area contributed by atoms with Crippen molar-refractivity contribution in [3.8, 4) is 0 Å². The Hall–Kier alpha value is -2.33. The molecule has 0 saturated carbocycles. The van der Waals surface area contributed by atoms with Gasteiger partial charge in [-0.25, -0.2) is 4.98 Å². The minimum Gasteiger partial charge on any atom is -0.353 e. The van der Waals surface area contributed by atoms with E-state index in [-0.39, 0.29) is 0 Å². The average molecular weight is 305 g/mol. The molecule has 0 spiro atoms. The maximum Gasteiger partial charge on any atom is 0.103 e. The van der Waals surface area contributed by atoms with Crippen LogP contribution in [0.4, 0.5) is 5.69 Å². The first kappa shape index (κ1) is 18.7. The molecule has 0 aliphatic heterocycles. The van der Waals surface area contributed by atoms with Gasteiger partial charge < -0.3 is 15.7 Å². The van der Waals surface area contributed by atoms with E-state index in [0.29, 0.717) is 5.02 Å². The van der Waals surface area contributed by atoms with E-state index in [2.05, 4.69) is 35.2 Å². The smallest absolute Gasteiger partial charge is 0.103 e. The van der Waals surface area contributed by atoms with Crippen LogP contribution in [0.2, 0.25) is 5.02 Å². The number of H-pyrrole nitrogens is 1. The highest BCUT2D eigenvalue weighted by molar-refractivity contribution is 6.33. The number of anilines is 1. The fourth-order valence-corrected chi connectivity index (χ4v) is 1.55. The van der Waals surface area contributed by atoms with Gasteiger partial charge in [-0.15, -0.1) is 6.58 Å². The molecule has 0 saturated heterocycles. The van der Waals surface area contributed by atoms with Crippen molar-refractivity contribution in [1.82, 2.24) is 9.97 Å². The topological polar surface area (TPSA) is 64.6 Å². The molecular formula is C16H21ClN4. The van der Waals surface area contributed by atoms with Crippen LogP contribution in [0.3, 0.4) is 0 Å².